The first-order valence-electron chi connectivity index (χ1n) is 11.4. The van der Waals surface area contributed by atoms with Crippen molar-refractivity contribution < 1.29 is 9.32 Å². The van der Waals surface area contributed by atoms with Crippen LogP contribution >= 0.6 is 11.6 Å². The molecule has 2 aromatic rings. The summed E-state index contributed by atoms with van der Waals surface area (Å²) in [5.74, 6) is 3.64. The van der Waals surface area contributed by atoms with E-state index in [4.69, 9.17) is 16.6 Å². The molecule has 2 aliphatic heterocycles. The van der Waals surface area contributed by atoms with Gasteiger partial charge in [-0.05, 0) is 79.7 Å². The van der Waals surface area contributed by atoms with E-state index < -0.39 is 10.8 Å². The number of hydrogen-bond donors (Lipinski definition) is 2. The Morgan fingerprint density at radius 1 is 1.26 bits per heavy atom. The van der Waals surface area contributed by atoms with Gasteiger partial charge >= 0.3 is 0 Å². The number of piperidine rings is 1. The van der Waals surface area contributed by atoms with E-state index in [0.717, 1.165) is 65.8 Å². The molecule has 3 unspecified atom stereocenters. The number of aliphatic hydroxyl groups is 1. The lowest BCUT2D eigenvalue weighted by atomic mass is 9.77. The lowest BCUT2D eigenvalue weighted by Crippen LogP contribution is -2.48. The van der Waals surface area contributed by atoms with Crippen LogP contribution in [0.15, 0.2) is 35.2 Å². The number of aliphatic hydroxyl groups excluding tert-OH is 1. The van der Waals surface area contributed by atoms with Crippen LogP contribution in [0.1, 0.15) is 49.1 Å². The van der Waals surface area contributed by atoms with Gasteiger partial charge in [0.1, 0.15) is 11.6 Å². The van der Waals surface area contributed by atoms with Crippen molar-refractivity contribution in [1.82, 2.24) is 4.98 Å². The summed E-state index contributed by atoms with van der Waals surface area (Å²) >= 11 is 6.08. The second-order valence-corrected chi connectivity index (χ2v) is 11.7. The van der Waals surface area contributed by atoms with Gasteiger partial charge in [-0.3, -0.25) is 4.21 Å². The Kier molecular flexibility index (Phi) is 4.82. The van der Waals surface area contributed by atoms with E-state index in [-0.39, 0.29) is 12.1 Å². The van der Waals surface area contributed by atoms with Crippen LogP contribution in [0.4, 0.5) is 11.6 Å². The predicted octanol–water partition coefficient (Wildman–Crippen LogP) is 4.11. The molecule has 1 aromatic heterocycles. The summed E-state index contributed by atoms with van der Waals surface area (Å²) in [6, 6.07) is 11.0. The Bertz CT molecular complexity index is 1030. The van der Waals surface area contributed by atoms with E-state index in [1.807, 2.05) is 12.1 Å². The lowest BCUT2D eigenvalue weighted by molar-refractivity contribution is 0.143. The summed E-state index contributed by atoms with van der Waals surface area (Å²) in [6.07, 6.45) is 6.16. The van der Waals surface area contributed by atoms with E-state index in [1.54, 1.807) is 0 Å². The van der Waals surface area contributed by atoms with Crippen molar-refractivity contribution in [1.29, 1.82) is 0 Å². The monoisotopic (exact) mass is 457 g/mol. The summed E-state index contributed by atoms with van der Waals surface area (Å²) in [6.45, 7) is 1.11. The molecule has 6 rings (SSSR count). The van der Waals surface area contributed by atoms with Gasteiger partial charge in [-0.25, -0.2) is 4.98 Å². The molecule has 2 N–H and O–H groups in total. The zero-order valence-corrected chi connectivity index (χ0v) is 19.1. The summed E-state index contributed by atoms with van der Waals surface area (Å²) in [7, 11) is -1.00. The van der Waals surface area contributed by atoms with Gasteiger partial charge in [0.15, 0.2) is 0 Å². The van der Waals surface area contributed by atoms with Crippen molar-refractivity contribution in [3.8, 4) is 0 Å². The zero-order valence-electron chi connectivity index (χ0n) is 17.5. The van der Waals surface area contributed by atoms with Gasteiger partial charge in [0, 0.05) is 23.4 Å². The summed E-state index contributed by atoms with van der Waals surface area (Å²) in [4.78, 5) is 8.35. The molecule has 3 fully saturated rings. The van der Waals surface area contributed by atoms with Crippen molar-refractivity contribution in [2.45, 2.75) is 60.9 Å². The standard InChI is InChI=1S/C24H28ClN3O2S/c25-18-4-2-15(3-5-18)20-12-19-10-17(20)13-28(19)21-11-16-6-9-31(30)22(16)23(26-21)27-24(14-29)7-1-8-24/h2-5,11,17,19-20,29H,1,6-10,12-14H2,(H,26,27)/t17?,19?,20?,31-/m1/s1. The third-order valence-electron chi connectivity index (χ3n) is 7.95. The van der Waals surface area contributed by atoms with Crippen molar-refractivity contribution in [2.24, 2.45) is 5.92 Å². The van der Waals surface area contributed by atoms with Crippen LogP contribution in [0.5, 0.6) is 0 Å². The Hall–Kier alpha value is -1.63. The molecule has 4 aliphatic rings. The normalized spacial score (nSPS) is 30.3. The number of aromatic nitrogens is 1. The molecule has 1 aromatic carbocycles. The lowest BCUT2D eigenvalue weighted by Gasteiger charge is -2.42. The highest BCUT2D eigenvalue weighted by atomic mass is 35.5. The van der Waals surface area contributed by atoms with Crippen LogP contribution < -0.4 is 10.2 Å². The highest BCUT2D eigenvalue weighted by Crippen LogP contribution is 2.49. The fourth-order valence-corrected chi connectivity index (χ4v) is 7.58. The number of rotatable bonds is 5. The first kappa shape index (κ1) is 20.0. The number of halogens is 1. The van der Waals surface area contributed by atoms with E-state index in [9.17, 15) is 9.32 Å². The number of hydrogen-bond acceptors (Lipinski definition) is 5. The van der Waals surface area contributed by atoms with Gasteiger partial charge in [-0.15, -0.1) is 0 Å². The largest absolute Gasteiger partial charge is 0.394 e. The fraction of sp³-hybridized carbons (Fsp3) is 0.542. The molecule has 0 radical (unpaired) electrons. The minimum absolute atomic E-state index is 0.0947. The average molecular weight is 458 g/mol. The topological polar surface area (TPSA) is 65.5 Å². The Balaban J connectivity index is 1.28. The molecule has 7 heteroatoms. The Labute approximate surface area is 190 Å². The quantitative estimate of drug-likeness (QED) is 0.707. The SMILES string of the molecule is O=[S@@]1CCc2cc(N3CC4CC3CC4c3ccc(Cl)cc3)nc(NC3(CO)CCC3)c21. The molecular weight excluding hydrogens is 430 g/mol. The summed E-state index contributed by atoms with van der Waals surface area (Å²) < 4.78 is 12.7. The Morgan fingerprint density at radius 3 is 2.71 bits per heavy atom. The maximum absolute atomic E-state index is 12.7. The summed E-state index contributed by atoms with van der Waals surface area (Å²) in [5.41, 5.74) is 2.26. The number of nitrogens with zero attached hydrogens (tertiary/aromatic N) is 2. The van der Waals surface area contributed by atoms with Gasteiger partial charge in [0.2, 0.25) is 0 Å². The first-order chi connectivity index (χ1) is 15.0. The number of nitrogens with one attached hydrogen (secondary N) is 1. The molecule has 5 nitrogen and oxygen atoms in total. The van der Waals surface area contributed by atoms with Gasteiger partial charge in [-0.2, -0.15) is 0 Å². The van der Waals surface area contributed by atoms with Crippen LogP contribution in [-0.4, -0.2) is 44.8 Å². The number of anilines is 2. The minimum Gasteiger partial charge on any atom is -0.394 e. The van der Waals surface area contributed by atoms with E-state index in [2.05, 4.69) is 28.4 Å². The molecule has 2 bridgehead atoms. The van der Waals surface area contributed by atoms with Crippen LogP contribution in [0.3, 0.4) is 0 Å². The second kappa shape index (κ2) is 7.46. The van der Waals surface area contributed by atoms with Crippen LogP contribution in [0, 0.1) is 5.92 Å². The summed E-state index contributed by atoms with van der Waals surface area (Å²) in [5, 5.41) is 14.3. The smallest absolute Gasteiger partial charge is 0.145 e. The molecule has 164 valence electrons. The molecule has 3 heterocycles. The van der Waals surface area contributed by atoms with E-state index in [0.29, 0.717) is 23.6 Å². The van der Waals surface area contributed by atoms with Gasteiger partial charge in [-0.1, -0.05) is 23.7 Å². The highest BCUT2D eigenvalue weighted by molar-refractivity contribution is 7.85. The second-order valence-electron chi connectivity index (χ2n) is 9.73. The van der Waals surface area contributed by atoms with Gasteiger partial charge in [0.25, 0.3) is 0 Å². The van der Waals surface area contributed by atoms with Gasteiger partial charge in [0.05, 0.1) is 27.8 Å². The zero-order chi connectivity index (χ0) is 21.2. The van der Waals surface area contributed by atoms with Crippen molar-refractivity contribution in [3.63, 3.8) is 0 Å². The van der Waals surface area contributed by atoms with Gasteiger partial charge < -0.3 is 15.3 Å². The minimum atomic E-state index is -1.00. The number of benzene rings is 1. The first-order valence-corrected chi connectivity index (χ1v) is 13.1. The van der Waals surface area contributed by atoms with E-state index in [1.165, 1.54) is 12.0 Å². The third kappa shape index (κ3) is 3.30. The maximum Gasteiger partial charge on any atom is 0.145 e. The van der Waals surface area contributed by atoms with Crippen molar-refractivity contribution in [3.05, 3.63) is 46.5 Å². The van der Waals surface area contributed by atoms with Crippen LogP contribution in [-0.2, 0) is 17.2 Å². The highest BCUT2D eigenvalue weighted by Gasteiger charge is 2.46. The molecule has 31 heavy (non-hydrogen) atoms. The number of aryl methyl sites for hydroxylation is 1. The molecule has 4 atom stereocenters. The fourth-order valence-electron chi connectivity index (χ4n) is 6.08. The predicted molar refractivity (Wildman–Crippen MR) is 125 cm³/mol. The number of pyridine rings is 1. The molecule has 2 aliphatic carbocycles. The molecule has 0 spiro atoms. The third-order valence-corrected chi connectivity index (χ3v) is 9.69. The van der Waals surface area contributed by atoms with Crippen LogP contribution in [0.25, 0.3) is 0 Å². The van der Waals surface area contributed by atoms with Crippen molar-refractivity contribution >= 4 is 34.0 Å². The van der Waals surface area contributed by atoms with E-state index >= 15 is 0 Å². The number of fused-ring (bicyclic) bond motifs is 3. The average Bonchev–Trinajstić information content (AvgIpc) is 3.45. The molecule has 0 amide bonds. The van der Waals surface area contributed by atoms with Crippen molar-refractivity contribution in [2.75, 3.05) is 29.1 Å². The Morgan fingerprint density at radius 2 is 2.06 bits per heavy atom. The molecular formula is C24H28ClN3O2S. The molecule has 2 saturated carbocycles. The maximum atomic E-state index is 12.7. The molecule has 1 saturated heterocycles. The van der Waals surface area contributed by atoms with Crippen LogP contribution in [0.2, 0.25) is 5.02 Å².